The predicted molar refractivity (Wildman–Crippen MR) is 93.4 cm³/mol. The van der Waals surface area contributed by atoms with Crippen LogP contribution in [0.5, 0.6) is 0 Å². The van der Waals surface area contributed by atoms with Crippen LogP contribution in [0.3, 0.4) is 0 Å². The van der Waals surface area contributed by atoms with Crippen LogP contribution in [0.4, 0.5) is 11.4 Å². The van der Waals surface area contributed by atoms with Crippen LogP contribution in [0.2, 0.25) is 5.02 Å². The summed E-state index contributed by atoms with van der Waals surface area (Å²) < 4.78 is 0. The number of nitrogen functional groups attached to an aromatic ring is 1. The molecule has 0 unspecified atom stereocenters. The van der Waals surface area contributed by atoms with Crippen molar-refractivity contribution in [3.63, 3.8) is 0 Å². The molecule has 21 heavy (non-hydrogen) atoms. The normalized spacial score (nSPS) is 10.4. The van der Waals surface area contributed by atoms with Gasteiger partial charge in [-0.25, -0.2) is 0 Å². The Bertz CT molecular complexity index is 649. The average molecular weight is 339 g/mol. The molecule has 0 fully saturated rings. The maximum atomic E-state index is 12.0. The minimum Gasteiger partial charge on any atom is -0.398 e. The lowest BCUT2D eigenvalue weighted by molar-refractivity contribution is -0.113. The first-order valence-corrected chi connectivity index (χ1v) is 8.79. The van der Waals surface area contributed by atoms with Crippen LogP contribution in [-0.2, 0) is 4.79 Å². The summed E-state index contributed by atoms with van der Waals surface area (Å²) in [5.41, 5.74) is 7.29. The van der Waals surface area contributed by atoms with Crippen molar-refractivity contribution in [1.82, 2.24) is 0 Å². The number of anilines is 2. The van der Waals surface area contributed by atoms with E-state index in [0.29, 0.717) is 16.5 Å². The molecule has 0 bridgehead atoms. The molecule has 0 radical (unpaired) electrons. The smallest absolute Gasteiger partial charge is 0.234 e. The molecule has 0 heterocycles. The zero-order chi connectivity index (χ0) is 15.2. The van der Waals surface area contributed by atoms with Crippen LogP contribution in [-0.4, -0.2) is 17.9 Å². The molecule has 0 aromatic heterocycles. The lowest BCUT2D eigenvalue weighted by Crippen LogP contribution is -2.14. The highest BCUT2D eigenvalue weighted by Crippen LogP contribution is 2.28. The highest BCUT2D eigenvalue weighted by molar-refractivity contribution is 8.00. The van der Waals surface area contributed by atoms with Crippen molar-refractivity contribution in [3.8, 4) is 0 Å². The van der Waals surface area contributed by atoms with Crippen LogP contribution in [0.25, 0.3) is 0 Å². The van der Waals surface area contributed by atoms with E-state index < -0.39 is 0 Å². The summed E-state index contributed by atoms with van der Waals surface area (Å²) in [6.45, 7) is 0. The van der Waals surface area contributed by atoms with Gasteiger partial charge in [-0.2, -0.15) is 0 Å². The van der Waals surface area contributed by atoms with Crippen molar-refractivity contribution in [1.29, 1.82) is 0 Å². The molecule has 2 aromatic carbocycles. The van der Waals surface area contributed by atoms with Crippen molar-refractivity contribution >= 4 is 52.4 Å². The van der Waals surface area contributed by atoms with E-state index in [0.717, 1.165) is 15.5 Å². The van der Waals surface area contributed by atoms with Crippen molar-refractivity contribution in [3.05, 3.63) is 47.5 Å². The molecule has 2 aromatic rings. The lowest BCUT2D eigenvalue weighted by atomic mass is 10.3. The number of para-hydroxylation sites is 1. The van der Waals surface area contributed by atoms with Crippen molar-refractivity contribution in [2.45, 2.75) is 9.79 Å². The average Bonchev–Trinajstić information content (AvgIpc) is 2.47. The Morgan fingerprint density at radius 3 is 2.71 bits per heavy atom. The number of rotatable bonds is 5. The highest BCUT2D eigenvalue weighted by atomic mass is 35.5. The van der Waals surface area contributed by atoms with E-state index in [2.05, 4.69) is 5.32 Å². The van der Waals surface area contributed by atoms with E-state index >= 15 is 0 Å². The summed E-state index contributed by atoms with van der Waals surface area (Å²) in [5.74, 6) is 0.241. The maximum absolute atomic E-state index is 12.0. The molecule has 110 valence electrons. The van der Waals surface area contributed by atoms with Gasteiger partial charge < -0.3 is 11.1 Å². The van der Waals surface area contributed by atoms with Crippen molar-refractivity contribution < 1.29 is 4.79 Å². The maximum Gasteiger partial charge on any atom is 0.234 e. The van der Waals surface area contributed by atoms with Gasteiger partial charge in [-0.05, 0) is 36.6 Å². The minimum atomic E-state index is -0.0594. The van der Waals surface area contributed by atoms with Gasteiger partial charge in [0.25, 0.3) is 0 Å². The van der Waals surface area contributed by atoms with Gasteiger partial charge in [0, 0.05) is 20.5 Å². The Hall–Kier alpha value is -1.30. The topological polar surface area (TPSA) is 55.1 Å². The fraction of sp³-hybridized carbons (Fsp3) is 0.133. The number of halogens is 1. The zero-order valence-electron chi connectivity index (χ0n) is 11.4. The monoisotopic (exact) mass is 338 g/mol. The fourth-order valence-corrected chi connectivity index (χ4v) is 3.21. The van der Waals surface area contributed by atoms with Crippen LogP contribution in [0, 0.1) is 0 Å². The Balaban J connectivity index is 1.96. The Morgan fingerprint density at radius 1 is 1.24 bits per heavy atom. The second kappa shape index (κ2) is 7.64. The third-order valence-electron chi connectivity index (χ3n) is 2.71. The Morgan fingerprint density at radius 2 is 2.00 bits per heavy atom. The summed E-state index contributed by atoms with van der Waals surface area (Å²) in [4.78, 5) is 13.9. The van der Waals surface area contributed by atoms with E-state index in [-0.39, 0.29) is 5.91 Å². The Labute approximate surface area is 137 Å². The standard InChI is InChI=1S/C15H15ClN2OS2/c1-20-14-5-3-2-4-12(14)18-15(19)9-21-13-7-6-10(16)8-11(13)17/h2-8H,9,17H2,1H3,(H,18,19). The summed E-state index contributed by atoms with van der Waals surface area (Å²) in [6, 6.07) is 13.0. The van der Waals surface area contributed by atoms with Gasteiger partial charge in [0.2, 0.25) is 5.91 Å². The number of carbonyl (C=O) groups is 1. The number of nitrogens with two attached hydrogens (primary N) is 1. The van der Waals surface area contributed by atoms with Crippen LogP contribution in [0.15, 0.2) is 52.3 Å². The lowest BCUT2D eigenvalue weighted by Gasteiger charge is -2.09. The zero-order valence-corrected chi connectivity index (χ0v) is 13.8. The van der Waals surface area contributed by atoms with Gasteiger partial charge >= 0.3 is 0 Å². The molecule has 0 saturated carbocycles. The molecule has 3 nitrogen and oxygen atoms in total. The molecule has 0 atom stereocenters. The molecule has 0 aliphatic carbocycles. The molecular formula is C15H15ClN2OS2. The predicted octanol–water partition coefficient (Wildman–Crippen LogP) is 4.37. The number of hydrogen-bond acceptors (Lipinski definition) is 4. The number of carbonyl (C=O) groups excluding carboxylic acids is 1. The number of nitrogens with one attached hydrogen (secondary N) is 1. The molecule has 1 amide bonds. The van der Waals surface area contributed by atoms with Gasteiger partial charge in [0.15, 0.2) is 0 Å². The highest BCUT2D eigenvalue weighted by Gasteiger charge is 2.08. The quantitative estimate of drug-likeness (QED) is 0.627. The number of thioether (sulfide) groups is 2. The number of amides is 1. The Kier molecular flexibility index (Phi) is 5.85. The fourth-order valence-electron chi connectivity index (χ4n) is 1.73. The second-order valence-electron chi connectivity index (χ2n) is 4.22. The van der Waals surface area contributed by atoms with E-state index in [4.69, 9.17) is 17.3 Å². The number of hydrogen-bond donors (Lipinski definition) is 2. The van der Waals surface area contributed by atoms with Gasteiger partial charge in [-0.3, -0.25) is 4.79 Å². The summed E-state index contributed by atoms with van der Waals surface area (Å²) in [6.07, 6.45) is 1.98. The van der Waals surface area contributed by atoms with Gasteiger partial charge in [0.1, 0.15) is 0 Å². The molecule has 6 heteroatoms. The van der Waals surface area contributed by atoms with Gasteiger partial charge in [0.05, 0.1) is 11.4 Å². The second-order valence-corrected chi connectivity index (χ2v) is 6.52. The van der Waals surface area contributed by atoms with Gasteiger partial charge in [-0.15, -0.1) is 23.5 Å². The third kappa shape index (κ3) is 4.59. The number of benzene rings is 2. The van der Waals surface area contributed by atoms with Crippen LogP contribution >= 0.6 is 35.1 Å². The van der Waals surface area contributed by atoms with E-state index in [1.165, 1.54) is 11.8 Å². The van der Waals surface area contributed by atoms with E-state index in [9.17, 15) is 4.79 Å². The SMILES string of the molecule is CSc1ccccc1NC(=O)CSc1ccc(Cl)cc1N. The molecule has 0 aliphatic rings. The molecule has 0 aliphatic heterocycles. The first-order chi connectivity index (χ1) is 10.1. The third-order valence-corrected chi connectivity index (χ3v) is 4.83. The molecular weight excluding hydrogens is 324 g/mol. The first-order valence-electron chi connectivity index (χ1n) is 6.21. The van der Waals surface area contributed by atoms with Gasteiger partial charge in [-0.1, -0.05) is 23.7 Å². The molecule has 3 N–H and O–H groups in total. The van der Waals surface area contributed by atoms with Crippen molar-refractivity contribution in [2.24, 2.45) is 0 Å². The summed E-state index contributed by atoms with van der Waals surface area (Å²) >= 11 is 8.84. The van der Waals surface area contributed by atoms with Crippen LogP contribution < -0.4 is 11.1 Å². The van der Waals surface area contributed by atoms with E-state index in [1.807, 2.05) is 36.6 Å². The summed E-state index contributed by atoms with van der Waals surface area (Å²) in [5, 5.41) is 3.51. The first kappa shape index (κ1) is 16.1. The summed E-state index contributed by atoms with van der Waals surface area (Å²) in [7, 11) is 0. The molecule has 0 spiro atoms. The largest absolute Gasteiger partial charge is 0.398 e. The molecule has 2 rings (SSSR count). The molecule has 0 saturated heterocycles. The van der Waals surface area contributed by atoms with Crippen molar-refractivity contribution in [2.75, 3.05) is 23.1 Å². The van der Waals surface area contributed by atoms with E-state index in [1.54, 1.807) is 23.9 Å². The van der Waals surface area contributed by atoms with Crippen LogP contribution in [0.1, 0.15) is 0 Å². The minimum absolute atomic E-state index is 0.0594.